The number of nitrogens with zero attached hydrogens (tertiary/aromatic N) is 4. The van der Waals surface area contributed by atoms with Crippen molar-refractivity contribution in [1.29, 1.82) is 0 Å². The summed E-state index contributed by atoms with van der Waals surface area (Å²) in [6, 6.07) is 0.314. The van der Waals surface area contributed by atoms with Gasteiger partial charge in [-0.1, -0.05) is 13.8 Å². The molecule has 8 nitrogen and oxygen atoms in total. The summed E-state index contributed by atoms with van der Waals surface area (Å²) in [5.41, 5.74) is -0.235. The number of nitro groups is 1. The topological polar surface area (TPSA) is 93.7 Å². The Morgan fingerprint density at radius 2 is 2.26 bits per heavy atom. The Balaban J connectivity index is 1.90. The Kier molecular flexibility index (Phi) is 4.79. The molecule has 130 valence electrons. The molecule has 0 saturated heterocycles. The molecule has 3 unspecified atom stereocenters. The van der Waals surface area contributed by atoms with Gasteiger partial charge in [-0.15, -0.1) is 0 Å². The fourth-order valence-corrected chi connectivity index (χ4v) is 3.44. The van der Waals surface area contributed by atoms with E-state index in [9.17, 15) is 15.2 Å². The minimum Gasteiger partial charge on any atom is -0.390 e. The molecule has 0 spiro atoms. The largest absolute Gasteiger partial charge is 0.390 e. The quantitative estimate of drug-likeness (QED) is 0.599. The van der Waals surface area contributed by atoms with E-state index in [1.54, 1.807) is 7.11 Å². The molecule has 1 N–H and O–H groups in total. The number of aliphatic hydroxyl groups is 1. The number of hydrogen-bond donors (Lipinski definition) is 1. The molecular formula is C15H26N4O4. The van der Waals surface area contributed by atoms with Gasteiger partial charge in [-0.25, -0.2) is 0 Å². The van der Waals surface area contributed by atoms with E-state index in [-0.39, 0.29) is 23.2 Å². The molecular weight excluding hydrogens is 300 g/mol. The summed E-state index contributed by atoms with van der Waals surface area (Å²) in [4.78, 5) is 12.3. The van der Waals surface area contributed by atoms with Crippen LogP contribution in [0.3, 0.4) is 0 Å². The first-order valence-corrected chi connectivity index (χ1v) is 7.71. The second-order valence-electron chi connectivity index (χ2n) is 7.15. The van der Waals surface area contributed by atoms with Crippen LogP contribution >= 0.6 is 0 Å². The Labute approximate surface area is 136 Å². The van der Waals surface area contributed by atoms with Gasteiger partial charge in [-0.2, -0.15) is 5.10 Å². The van der Waals surface area contributed by atoms with E-state index < -0.39 is 11.0 Å². The average molecular weight is 326 g/mol. The minimum atomic E-state index is -0.648. The lowest BCUT2D eigenvalue weighted by Gasteiger charge is -2.61. The second kappa shape index (κ2) is 6.18. The molecule has 1 fully saturated rings. The zero-order valence-corrected chi connectivity index (χ0v) is 14.4. The van der Waals surface area contributed by atoms with Crippen LogP contribution in [0.4, 0.5) is 5.69 Å². The first-order chi connectivity index (χ1) is 10.6. The summed E-state index contributed by atoms with van der Waals surface area (Å²) in [5, 5.41) is 24.8. The van der Waals surface area contributed by atoms with Gasteiger partial charge in [-0.05, 0) is 20.4 Å². The molecule has 8 heteroatoms. The maximum absolute atomic E-state index is 10.6. The highest BCUT2D eigenvalue weighted by Gasteiger charge is 2.58. The van der Waals surface area contributed by atoms with E-state index >= 15 is 0 Å². The van der Waals surface area contributed by atoms with E-state index in [0.29, 0.717) is 12.6 Å². The molecule has 1 aliphatic carbocycles. The number of hydrogen-bond acceptors (Lipinski definition) is 6. The van der Waals surface area contributed by atoms with Crippen LogP contribution in [-0.4, -0.2) is 63.2 Å². The highest BCUT2D eigenvalue weighted by atomic mass is 16.6. The van der Waals surface area contributed by atoms with E-state index in [1.807, 2.05) is 7.05 Å². The maximum atomic E-state index is 10.6. The lowest BCUT2D eigenvalue weighted by Crippen LogP contribution is -2.68. The number of methoxy groups -OCH3 is 1. The van der Waals surface area contributed by atoms with Gasteiger partial charge in [0.2, 0.25) is 0 Å². The molecule has 0 radical (unpaired) electrons. The Bertz CT molecular complexity index is 574. The predicted octanol–water partition coefficient (Wildman–Crippen LogP) is 1.29. The van der Waals surface area contributed by atoms with Crippen molar-refractivity contribution >= 4 is 5.69 Å². The van der Waals surface area contributed by atoms with Crippen molar-refractivity contribution in [1.82, 2.24) is 14.7 Å². The van der Waals surface area contributed by atoms with Crippen LogP contribution in [0.1, 0.15) is 27.2 Å². The lowest BCUT2D eigenvalue weighted by atomic mass is 9.55. The molecule has 2 rings (SSSR count). The summed E-state index contributed by atoms with van der Waals surface area (Å²) >= 11 is 0. The van der Waals surface area contributed by atoms with Crippen LogP contribution in [0.25, 0.3) is 0 Å². The number of aliphatic hydroxyl groups excluding tert-OH is 1. The fourth-order valence-electron chi connectivity index (χ4n) is 3.44. The second-order valence-corrected chi connectivity index (χ2v) is 7.15. The SMILES string of the molecule is COC1(C)CC(N(C)CC(O)Cn2cc([N+](=O)[O-])cn2)C1(C)C. The van der Waals surface area contributed by atoms with Crippen molar-refractivity contribution in [2.24, 2.45) is 5.41 Å². The molecule has 0 aliphatic heterocycles. The zero-order chi connectivity index (χ0) is 17.4. The summed E-state index contributed by atoms with van der Waals surface area (Å²) in [6.45, 7) is 7.15. The van der Waals surface area contributed by atoms with Gasteiger partial charge in [0, 0.05) is 25.1 Å². The minimum absolute atomic E-state index is 0.0132. The van der Waals surface area contributed by atoms with Crippen LogP contribution in [0.2, 0.25) is 0 Å². The van der Waals surface area contributed by atoms with Crippen LogP contribution in [0.15, 0.2) is 12.4 Å². The first-order valence-electron chi connectivity index (χ1n) is 7.71. The van der Waals surface area contributed by atoms with Gasteiger partial charge in [0.1, 0.15) is 12.4 Å². The maximum Gasteiger partial charge on any atom is 0.306 e. The zero-order valence-electron chi connectivity index (χ0n) is 14.4. The van der Waals surface area contributed by atoms with E-state index in [1.165, 1.54) is 17.1 Å². The van der Waals surface area contributed by atoms with Gasteiger partial charge in [0.25, 0.3) is 0 Å². The molecule has 1 saturated carbocycles. The molecule has 23 heavy (non-hydrogen) atoms. The smallest absolute Gasteiger partial charge is 0.306 e. The van der Waals surface area contributed by atoms with Gasteiger partial charge in [-0.3, -0.25) is 14.8 Å². The monoisotopic (exact) mass is 326 g/mol. The number of rotatable bonds is 7. The van der Waals surface area contributed by atoms with Gasteiger partial charge >= 0.3 is 5.69 Å². The molecule has 1 aromatic heterocycles. The third kappa shape index (κ3) is 3.24. The molecule has 0 aromatic carbocycles. The summed E-state index contributed by atoms with van der Waals surface area (Å²) in [5.74, 6) is 0. The molecule has 0 bridgehead atoms. The molecule has 0 amide bonds. The third-order valence-electron chi connectivity index (χ3n) is 5.49. The van der Waals surface area contributed by atoms with Gasteiger partial charge < -0.3 is 14.7 Å². The molecule has 1 aliphatic rings. The standard InChI is InChI=1S/C15H26N4O4/c1-14(2)13(6-15(14,3)23-5)17(4)9-12(20)10-18-8-11(7-16-18)19(21)22/h7-8,12-13,20H,6,9-10H2,1-5H3. The van der Waals surface area contributed by atoms with E-state index in [4.69, 9.17) is 4.74 Å². The Morgan fingerprint density at radius 3 is 2.74 bits per heavy atom. The van der Waals surface area contributed by atoms with Crippen molar-refractivity contribution in [2.45, 2.75) is 51.5 Å². The lowest BCUT2D eigenvalue weighted by molar-refractivity contribution is -0.385. The van der Waals surface area contributed by atoms with Crippen molar-refractivity contribution in [3.63, 3.8) is 0 Å². The Hall–Kier alpha value is -1.51. The number of likely N-dealkylation sites (N-methyl/N-ethyl adjacent to an activating group) is 1. The summed E-state index contributed by atoms with van der Waals surface area (Å²) < 4.78 is 7.03. The molecule has 3 atom stereocenters. The van der Waals surface area contributed by atoms with Crippen molar-refractivity contribution in [2.75, 3.05) is 20.7 Å². The van der Waals surface area contributed by atoms with Gasteiger partial charge in [0.05, 0.1) is 23.2 Å². The fraction of sp³-hybridized carbons (Fsp3) is 0.800. The van der Waals surface area contributed by atoms with Crippen molar-refractivity contribution < 1.29 is 14.8 Å². The van der Waals surface area contributed by atoms with Crippen LogP contribution in [0.5, 0.6) is 0 Å². The van der Waals surface area contributed by atoms with Crippen molar-refractivity contribution in [3.05, 3.63) is 22.5 Å². The van der Waals surface area contributed by atoms with E-state index in [0.717, 1.165) is 6.42 Å². The molecule has 1 aromatic rings. The summed E-state index contributed by atoms with van der Waals surface area (Å²) in [6.07, 6.45) is 2.78. The predicted molar refractivity (Wildman–Crippen MR) is 85.1 cm³/mol. The van der Waals surface area contributed by atoms with Crippen molar-refractivity contribution in [3.8, 4) is 0 Å². The highest BCUT2D eigenvalue weighted by Crippen LogP contribution is 2.53. The average Bonchev–Trinajstić information content (AvgIpc) is 2.92. The highest BCUT2D eigenvalue weighted by molar-refractivity contribution is 5.20. The van der Waals surface area contributed by atoms with Crippen LogP contribution < -0.4 is 0 Å². The third-order valence-corrected chi connectivity index (χ3v) is 5.49. The van der Waals surface area contributed by atoms with Crippen LogP contribution in [0, 0.1) is 15.5 Å². The van der Waals surface area contributed by atoms with Gasteiger partial charge in [0.15, 0.2) is 0 Å². The molecule has 1 heterocycles. The van der Waals surface area contributed by atoms with E-state index in [2.05, 4.69) is 30.8 Å². The number of aromatic nitrogens is 2. The normalized spacial score (nSPS) is 27.7. The van der Waals surface area contributed by atoms with Crippen LogP contribution in [-0.2, 0) is 11.3 Å². The number of ether oxygens (including phenoxy) is 1. The Morgan fingerprint density at radius 1 is 1.61 bits per heavy atom. The first kappa shape index (κ1) is 17.8. The summed E-state index contributed by atoms with van der Waals surface area (Å²) in [7, 11) is 3.72.